The molecule has 1 aromatic rings. The van der Waals surface area contributed by atoms with E-state index >= 15 is 0 Å². The summed E-state index contributed by atoms with van der Waals surface area (Å²) < 4.78 is 27.2. The first kappa shape index (κ1) is 13.2. The van der Waals surface area contributed by atoms with Crippen molar-refractivity contribution in [2.45, 2.75) is 13.8 Å². The SMILES string of the molecule is C#CCN(CC)C(=O)c1c(F)ccc(C)c1F. The summed E-state index contributed by atoms with van der Waals surface area (Å²) >= 11 is 0. The van der Waals surface area contributed by atoms with Crippen LogP contribution in [0.25, 0.3) is 0 Å². The molecule has 2 nitrogen and oxygen atoms in total. The Kier molecular flexibility index (Phi) is 4.22. The van der Waals surface area contributed by atoms with E-state index in [-0.39, 0.29) is 12.1 Å². The van der Waals surface area contributed by atoms with Crippen LogP contribution in [0.5, 0.6) is 0 Å². The molecule has 0 aliphatic carbocycles. The van der Waals surface area contributed by atoms with Gasteiger partial charge in [0.1, 0.15) is 17.2 Å². The standard InChI is InChI=1S/C13H13F2NO/c1-4-8-16(5-2)13(17)11-10(14)7-6-9(3)12(11)15/h1,6-7H,5,8H2,2-3H3. The molecule has 0 aliphatic heterocycles. The molecule has 90 valence electrons. The maximum atomic E-state index is 13.7. The zero-order chi connectivity index (χ0) is 13.0. The number of hydrogen-bond donors (Lipinski definition) is 0. The van der Waals surface area contributed by atoms with Gasteiger partial charge in [-0.2, -0.15) is 0 Å². The van der Waals surface area contributed by atoms with Gasteiger partial charge in [0.25, 0.3) is 5.91 Å². The average molecular weight is 237 g/mol. The van der Waals surface area contributed by atoms with Crippen molar-refractivity contribution >= 4 is 5.91 Å². The Hall–Kier alpha value is -1.89. The molecular formula is C13H13F2NO. The minimum absolute atomic E-state index is 0.0299. The molecule has 0 saturated heterocycles. The first-order valence-corrected chi connectivity index (χ1v) is 5.20. The summed E-state index contributed by atoms with van der Waals surface area (Å²) in [5.41, 5.74) is -0.311. The molecule has 17 heavy (non-hydrogen) atoms. The van der Waals surface area contributed by atoms with Crippen LogP contribution in [0.15, 0.2) is 12.1 Å². The van der Waals surface area contributed by atoms with Gasteiger partial charge in [-0.25, -0.2) is 8.78 Å². The third kappa shape index (κ3) is 2.62. The Balaban J connectivity index is 3.20. The van der Waals surface area contributed by atoms with Crippen LogP contribution in [-0.4, -0.2) is 23.9 Å². The van der Waals surface area contributed by atoms with Gasteiger partial charge in [0.15, 0.2) is 0 Å². The predicted octanol–water partition coefficient (Wildman–Crippen LogP) is 2.37. The van der Waals surface area contributed by atoms with Gasteiger partial charge in [0.2, 0.25) is 0 Å². The summed E-state index contributed by atoms with van der Waals surface area (Å²) in [5, 5.41) is 0. The van der Waals surface area contributed by atoms with Crippen LogP contribution in [0.4, 0.5) is 8.78 Å². The molecule has 0 saturated carbocycles. The number of hydrogen-bond acceptors (Lipinski definition) is 1. The van der Waals surface area contributed by atoms with Crippen LogP contribution in [0.2, 0.25) is 0 Å². The van der Waals surface area contributed by atoms with E-state index in [1.54, 1.807) is 6.92 Å². The highest BCUT2D eigenvalue weighted by molar-refractivity contribution is 5.95. The number of rotatable bonds is 3. The van der Waals surface area contributed by atoms with Crippen LogP contribution in [0, 0.1) is 30.9 Å². The van der Waals surface area contributed by atoms with Crippen molar-refractivity contribution in [3.8, 4) is 12.3 Å². The number of benzene rings is 1. The van der Waals surface area contributed by atoms with Crippen molar-refractivity contribution in [2.75, 3.05) is 13.1 Å². The largest absolute Gasteiger partial charge is 0.328 e. The lowest BCUT2D eigenvalue weighted by Crippen LogP contribution is -2.32. The highest BCUT2D eigenvalue weighted by Crippen LogP contribution is 2.18. The van der Waals surface area contributed by atoms with E-state index in [1.165, 1.54) is 17.9 Å². The maximum Gasteiger partial charge on any atom is 0.260 e. The second-order valence-electron chi connectivity index (χ2n) is 3.58. The number of aryl methyl sites for hydroxylation is 1. The highest BCUT2D eigenvalue weighted by Gasteiger charge is 2.22. The molecule has 0 N–H and O–H groups in total. The minimum Gasteiger partial charge on any atom is -0.328 e. The van der Waals surface area contributed by atoms with Crippen LogP contribution in [0.1, 0.15) is 22.8 Å². The van der Waals surface area contributed by atoms with E-state index in [1.807, 2.05) is 0 Å². The molecule has 0 bridgehead atoms. The van der Waals surface area contributed by atoms with Crippen molar-refractivity contribution in [3.63, 3.8) is 0 Å². The summed E-state index contributed by atoms with van der Waals surface area (Å²) in [6.07, 6.45) is 5.10. The lowest BCUT2D eigenvalue weighted by atomic mass is 10.1. The average Bonchev–Trinajstić information content (AvgIpc) is 2.31. The summed E-state index contributed by atoms with van der Waals surface area (Å²) in [6, 6.07) is 2.37. The predicted molar refractivity (Wildman–Crippen MR) is 61.5 cm³/mol. The molecule has 0 fully saturated rings. The molecule has 0 unspecified atom stereocenters. The van der Waals surface area contributed by atoms with Gasteiger partial charge in [-0.15, -0.1) is 6.42 Å². The Morgan fingerprint density at radius 2 is 2.12 bits per heavy atom. The van der Waals surface area contributed by atoms with E-state index in [0.717, 1.165) is 6.07 Å². The number of carbonyl (C=O) groups is 1. The number of nitrogens with zero attached hydrogens (tertiary/aromatic N) is 1. The van der Waals surface area contributed by atoms with Crippen molar-refractivity contribution in [3.05, 3.63) is 34.9 Å². The zero-order valence-electron chi connectivity index (χ0n) is 9.76. The summed E-state index contributed by atoms with van der Waals surface area (Å²) in [6.45, 7) is 3.50. The van der Waals surface area contributed by atoms with Crippen LogP contribution in [-0.2, 0) is 0 Å². The van der Waals surface area contributed by atoms with E-state index in [9.17, 15) is 13.6 Å². The lowest BCUT2D eigenvalue weighted by molar-refractivity contribution is 0.0775. The lowest BCUT2D eigenvalue weighted by Gasteiger charge is -2.19. The molecule has 0 spiro atoms. The fourth-order valence-corrected chi connectivity index (χ4v) is 1.45. The van der Waals surface area contributed by atoms with Crippen molar-refractivity contribution in [1.29, 1.82) is 0 Å². The van der Waals surface area contributed by atoms with Gasteiger partial charge in [0, 0.05) is 6.54 Å². The van der Waals surface area contributed by atoms with Gasteiger partial charge in [0.05, 0.1) is 6.54 Å². The summed E-state index contributed by atoms with van der Waals surface area (Å²) in [7, 11) is 0. The fraction of sp³-hybridized carbons (Fsp3) is 0.308. The molecule has 0 aliphatic rings. The highest BCUT2D eigenvalue weighted by atomic mass is 19.1. The molecule has 0 radical (unpaired) electrons. The first-order valence-electron chi connectivity index (χ1n) is 5.20. The molecular weight excluding hydrogens is 224 g/mol. The third-order valence-electron chi connectivity index (χ3n) is 2.45. The van der Waals surface area contributed by atoms with Crippen molar-refractivity contribution < 1.29 is 13.6 Å². The minimum atomic E-state index is -0.867. The number of carbonyl (C=O) groups excluding carboxylic acids is 1. The van der Waals surface area contributed by atoms with Gasteiger partial charge in [-0.1, -0.05) is 12.0 Å². The summed E-state index contributed by atoms with van der Waals surface area (Å²) in [4.78, 5) is 13.1. The van der Waals surface area contributed by atoms with Gasteiger partial charge < -0.3 is 4.90 Å². The van der Waals surface area contributed by atoms with Gasteiger partial charge in [-0.05, 0) is 25.5 Å². The Bertz CT molecular complexity index is 477. The Labute approximate surface area is 99.2 Å². The molecule has 0 aromatic heterocycles. The molecule has 4 heteroatoms. The second kappa shape index (κ2) is 5.44. The summed E-state index contributed by atoms with van der Waals surface area (Å²) in [5.74, 6) is -0.131. The number of amides is 1. The Morgan fingerprint density at radius 1 is 1.47 bits per heavy atom. The molecule has 1 rings (SSSR count). The van der Waals surface area contributed by atoms with Gasteiger partial charge in [-0.3, -0.25) is 4.79 Å². The van der Waals surface area contributed by atoms with E-state index < -0.39 is 23.1 Å². The third-order valence-corrected chi connectivity index (χ3v) is 2.45. The van der Waals surface area contributed by atoms with Crippen LogP contribution in [0.3, 0.4) is 0 Å². The molecule has 1 amide bonds. The van der Waals surface area contributed by atoms with E-state index in [4.69, 9.17) is 6.42 Å². The number of halogens is 2. The van der Waals surface area contributed by atoms with Crippen LogP contribution >= 0.6 is 0 Å². The molecule has 1 aromatic carbocycles. The van der Waals surface area contributed by atoms with Crippen molar-refractivity contribution in [2.24, 2.45) is 0 Å². The first-order chi connectivity index (χ1) is 8.02. The topological polar surface area (TPSA) is 20.3 Å². The second-order valence-corrected chi connectivity index (χ2v) is 3.58. The molecule has 0 heterocycles. The quantitative estimate of drug-likeness (QED) is 0.739. The number of terminal acetylenes is 1. The van der Waals surface area contributed by atoms with E-state index in [2.05, 4.69) is 5.92 Å². The zero-order valence-corrected chi connectivity index (χ0v) is 9.76. The normalized spacial score (nSPS) is 9.82. The molecule has 0 atom stereocenters. The smallest absolute Gasteiger partial charge is 0.260 e. The maximum absolute atomic E-state index is 13.7. The van der Waals surface area contributed by atoms with Crippen molar-refractivity contribution in [1.82, 2.24) is 4.90 Å². The monoisotopic (exact) mass is 237 g/mol. The van der Waals surface area contributed by atoms with Gasteiger partial charge >= 0.3 is 0 Å². The van der Waals surface area contributed by atoms with Crippen LogP contribution < -0.4 is 0 Å². The fourth-order valence-electron chi connectivity index (χ4n) is 1.45. The van der Waals surface area contributed by atoms with E-state index in [0.29, 0.717) is 6.54 Å². The Morgan fingerprint density at radius 3 is 2.65 bits per heavy atom.